The first-order chi connectivity index (χ1) is 8.29. The summed E-state index contributed by atoms with van der Waals surface area (Å²) in [5.41, 5.74) is 6.27. The summed E-state index contributed by atoms with van der Waals surface area (Å²) in [6.45, 7) is 0.452. The van der Waals surface area contributed by atoms with Gasteiger partial charge in [0, 0.05) is 0 Å². The normalized spacial score (nSPS) is 10.1. The second-order valence-corrected chi connectivity index (χ2v) is 4.17. The number of nitrogens with two attached hydrogens (primary N) is 1. The van der Waals surface area contributed by atoms with Crippen molar-refractivity contribution in [3.8, 4) is 0 Å². The summed E-state index contributed by atoms with van der Waals surface area (Å²) in [4.78, 5) is 10.3. The Hall–Kier alpha value is -1.51. The lowest BCUT2D eigenvalue weighted by molar-refractivity contribution is 0.154. The molecule has 0 saturated heterocycles. The number of hydrogen-bond acceptors (Lipinski definition) is 2. The summed E-state index contributed by atoms with van der Waals surface area (Å²) in [7, 11) is 0. The average molecular weight is 235 g/mol. The third-order valence-electron chi connectivity index (χ3n) is 2.70. The van der Waals surface area contributed by atoms with Crippen LogP contribution in [0.15, 0.2) is 30.3 Å². The van der Waals surface area contributed by atoms with Crippen LogP contribution >= 0.6 is 0 Å². The topological polar surface area (TPSA) is 52.3 Å². The highest BCUT2D eigenvalue weighted by Gasteiger charge is 1.95. The molecule has 0 bridgehead atoms. The minimum absolute atomic E-state index is 0.452. The van der Waals surface area contributed by atoms with Gasteiger partial charge in [0.25, 0.3) is 0 Å². The maximum Gasteiger partial charge on any atom is 0.404 e. The molecule has 0 aliphatic rings. The molecule has 0 radical (unpaired) electrons. The molecule has 0 unspecified atom stereocenters. The largest absolute Gasteiger partial charge is 0.450 e. The molecule has 1 rings (SSSR count). The van der Waals surface area contributed by atoms with Gasteiger partial charge in [-0.1, -0.05) is 49.6 Å². The first kappa shape index (κ1) is 13.6. The van der Waals surface area contributed by atoms with Crippen LogP contribution in [0.3, 0.4) is 0 Å². The smallest absolute Gasteiger partial charge is 0.404 e. The number of unbranched alkanes of at least 4 members (excludes halogenated alkanes) is 4. The molecule has 0 fully saturated rings. The Labute approximate surface area is 103 Å². The molecule has 2 N–H and O–H groups in total. The van der Waals surface area contributed by atoms with Crippen molar-refractivity contribution < 1.29 is 9.53 Å². The van der Waals surface area contributed by atoms with Crippen LogP contribution in [0.1, 0.15) is 37.7 Å². The van der Waals surface area contributed by atoms with E-state index in [9.17, 15) is 4.79 Å². The van der Waals surface area contributed by atoms with Gasteiger partial charge in [-0.3, -0.25) is 0 Å². The molecule has 1 amide bonds. The molecule has 0 aliphatic carbocycles. The van der Waals surface area contributed by atoms with E-state index in [1.54, 1.807) is 0 Å². The number of benzene rings is 1. The van der Waals surface area contributed by atoms with E-state index in [2.05, 4.69) is 29.0 Å². The monoisotopic (exact) mass is 235 g/mol. The Kier molecular flexibility index (Phi) is 6.87. The van der Waals surface area contributed by atoms with Gasteiger partial charge in [0.05, 0.1) is 6.61 Å². The van der Waals surface area contributed by atoms with Gasteiger partial charge < -0.3 is 10.5 Å². The van der Waals surface area contributed by atoms with Crippen molar-refractivity contribution in [1.29, 1.82) is 0 Å². The Morgan fingerprint density at radius 2 is 1.65 bits per heavy atom. The van der Waals surface area contributed by atoms with E-state index in [1.165, 1.54) is 24.8 Å². The van der Waals surface area contributed by atoms with Crippen LogP contribution in [0.25, 0.3) is 0 Å². The predicted molar refractivity (Wildman–Crippen MR) is 68.8 cm³/mol. The minimum Gasteiger partial charge on any atom is -0.450 e. The number of carbonyl (C=O) groups is 1. The van der Waals surface area contributed by atoms with Crippen molar-refractivity contribution in [3.63, 3.8) is 0 Å². The summed E-state index contributed by atoms with van der Waals surface area (Å²) in [5.74, 6) is 0. The highest BCUT2D eigenvalue weighted by molar-refractivity contribution is 5.64. The molecule has 0 spiro atoms. The van der Waals surface area contributed by atoms with Crippen molar-refractivity contribution in [2.75, 3.05) is 6.61 Å². The average Bonchev–Trinajstić information content (AvgIpc) is 2.33. The molecule has 1 aromatic rings. The van der Waals surface area contributed by atoms with Crippen molar-refractivity contribution in [2.24, 2.45) is 5.73 Å². The Morgan fingerprint density at radius 3 is 2.35 bits per heavy atom. The molecule has 3 nitrogen and oxygen atoms in total. The number of hydrogen-bond donors (Lipinski definition) is 1. The van der Waals surface area contributed by atoms with Crippen LogP contribution in [0.5, 0.6) is 0 Å². The number of ether oxygens (including phenoxy) is 1. The fourth-order valence-electron chi connectivity index (χ4n) is 1.78. The third-order valence-corrected chi connectivity index (χ3v) is 2.70. The summed E-state index contributed by atoms with van der Waals surface area (Å²) in [6, 6.07) is 10.5. The molecular weight excluding hydrogens is 214 g/mol. The molecule has 0 aromatic heterocycles. The molecular formula is C14H21NO2. The van der Waals surface area contributed by atoms with Crippen molar-refractivity contribution >= 4 is 6.09 Å². The van der Waals surface area contributed by atoms with E-state index in [-0.39, 0.29) is 0 Å². The second-order valence-electron chi connectivity index (χ2n) is 4.17. The molecule has 94 valence electrons. The quantitative estimate of drug-likeness (QED) is 0.703. The van der Waals surface area contributed by atoms with Gasteiger partial charge in [-0.2, -0.15) is 0 Å². The molecule has 0 aliphatic heterocycles. The van der Waals surface area contributed by atoms with Gasteiger partial charge in [-0.15, -0.1) is 0 Å². The number of amides is 1. The molecule has 0 saturated carbocycles. The van der Waals surface area contributed by atoms with Crippen molar-refractivity contribution in [3.05, 3.63) is 35.9 Å². The maximum absolute atomic E-state index is 10.3. The second kappa shape index (κ2) is 8.62. The van der Waals surface area contributed by atoms with Gasteiger partial charge in [0.1, 0.15) is 0 Å². The van der Waals surface area contributed by atoms with Crippen molar-refractivity contribution in [2.45, 2.75) is 38.5 Å². The number of aryl methyl sites for hydroxylation is 1. The minimum atomic E-state index is -0.672. The van der Waals surface area contributed by atoms with E-state index >= 15 is 0 Å². The number of carbonyl (C=O) groups excluding carboxylic acids is 1. The van der Waals surface area contributed by atoms with Gasteiger partial charge in [-0.25, -0.2) is 4.79 Å². The van der Waals surface area contributed by atoms with E-state index in [0.29, 0.717) is 6.61 Å². The zero-order valence-electron chi connectivity index (χ0n) is 10.2. The van der Waals surface area contributed by atoms with Crippen LogP contribution in [-0.2, 0) is 11.2 Å². The molecule has 0 heterocycles. The lowest BCUT2D eigenvalue weighted by Gasteiger charge is -2.03. The SMILES string of the molecule is NC(=O)OCCCCCCCc1ccccc1. The predicted octanol–water partition coefficient (Wildman–Crippen LogP) is 3.27. The number of rotatable bonds is 8. The fourth-order valence-corrected chi connectivity index (χ4v) is 1.78. The fraction of sp³-hybridized carbons (Fsp3) is 0.500. The third kappa shape index (κ3) is 7.39. The molecule has 17 heavy (non-hydrogen) atoms. The lowest BCUT2D eigenvalue weighted by Crippen LogP contribution is -2.13. The molecule has 0 atom stereocenters. The standard InChI is InChI=1S/C14H21NO2/c15-14(16)17-12-8-3-1-2-5-9-13-10-6-4-7-11-13/h4,6-7,10-11H,1-3,5,8-9,12H2,(H2,15,16). The summed E-state index contributed by atoms with van der Waals surface area (Å²) in [6.07, 6.45) is 6.13. The molecule has 3 heteroatoms. The first-order valence-corrected chi connectivity index (χ1v) is 6.25. The molecule has 1 aromatic carbocycles. The zero-order valence-corrected chi connectivity index (χ0v) is 10.2. The van der Waals surface area contributed by atoms with E-state index in [4.69, 9.17) is 5.73 Å². The first-order valence-electron chi connectivity index (χ1n) is 6.25. The van der Waals surface area contributed by atoms with Gasteiger partial charge in [0.15, 0.2) is 0 Å². The van der Waals surface area contributed by atoms with Gasteiger partial charge in [-0.05, 0) is 24.8 Å². The highest BCUT2D eigenvalue weighted by Crippen LogP contribution is 2.08. The van der Waals surface area contributed by atoms with E-state index in [1.807, 2.05) is 6.07 Å². The van der Waals surface area contributed by atoms with Crippen LogP contribution in [0.4, 0.5) is 4.79 Å². The lowest BCUT2D eigenvalue weighted by atomic mass is 10.1. The van der Waals surface area contributed by atoms with Crippen molar-refractivity contribution in [1.82, 2.24) is 0 Å². The van der Waals surface area contributed by atoms with Crippen LogP contribution in [0.2, 0.25) is 0 Å². The zero-order chi connectivity index (χ0) is 12.3. The van der Waals surface area contributed by atoms with E-state index in [0.717, 1.165) is 19.3 Å². The Bertz CT molecular complexity index is 311. The Morgan fingerprint density at radius 1 is 1.00 bits per heavy atom. The summed E-state index contributed by atoms with van der Waals surface area (Å²) < 4.78 is 4.66. The highest BCUT2D eigenvalue weighted by atomic mass is 16.5. The maximum atomic E-state index is 10.3. The Balaban J connectivity index is 1.90. The number of primary amides is 1. The van der Waals surface area contributed by atoms with Crippen LogP contribution < -0.4 is 5.73 Å². The van der Waals surface area contributed by atoms with E-state index < -0.39 is 6.09 Å². The summed E-state index contributed by atoms with van der Waals surface area (Å²) in [5, 5.41) is 0. The summed E-state index contributed by atoms with van der Waals surface area (Å²) >= 11 is 0. The van der Waals surface area contributed by atoms with Gasteiger partial charge in [0.2, 0.25) is 0 Å². The van der Waals surface area contributed by atoms with Crippen LogP contribution in [-0.4, -0.2) is 12.7 Å². The van der Waals surface area contributed by atoms with Gasteiger partial charge >= 0.3 is 6.09 Å². The van der Waals surface area contributed by atoms with Crippen LogP contribution in [0, 0.1) is 0 Å².